The van der Waals surface area contributed by atoms with Crippen LogP contribution in [0.2, 0.25) is 0 Å². The van der Waals surface area contributed by atoms with Crippen LogP contribution >= 0.6 is 0 Å². The smallest absolute Gasteiger partial charge is 0.305 e. The van der Waals surface area contributed by atoms with Gasteiger partial charge < -0.3 is 20.3 Å². The molecule has 0 spiro atoms. The molecule has 582 valence electrons. The van der Waals surface area contributed by atoms with E-state index in [2.05, 4.69) is 43.5 Å². The Balaban J connectivity index is 3.30. The maximum Gasteiger partial charge on any atom is 0.305 e. The third-order valence-corrected chi connectivity index (χ3v) is 21.8. The molecule has 1 amide bonds. The summed E-state index contributed by atoms with van der Waals surface area (Å²) in [6.45, 7) is 5.00. The van der Waals surface area contributed by atoms with Crippen molar-refractivity contribution in [2.45, 2.75) is 540 Å². The highest BCUT2D eigenvalue weighted by Gasteiger charge is 2.20. The van der Waals surface area contributed by atoms with Crippen LogP contribution in [-0.2, 0) is 14.3 Å². The first-order valence-electron chi connectivity index (χ1n) is 45.6. The van der Waals surface area contributed by atoms with Gasteiger partial charge in [-0.05, 0) is 57.8 Å². The van der Waals surface area contributed by atoms with E-state index in [1.807, 2.05) is 0 Å². The van der Waals surface area contributed by atoms with E-state index >= 15 is 0 Å². The van der Waals surface area contributed by atoms with Crippen LogP contribution in [0.5, 0.6) is 0 Å². The average molecular weight is 1380 g/mol. The summed E-state index contributed by atoms with van der Waals surface area (Å²) < 4.78 is 5.52. The second kappa shape index (κ2) is 87.7. The zero-order valence-corrected chi connectivity index (χ0v) is 67.1. The van der Waals surface area contributed by atoms with Gasteiger partial charge >= 0.3 is 5.97 Å². The molecule has 6 heteroatoms. The van der Waals surface area contributed by atoms with E-state index in [1.165, 1.54) is 449 Å². The molecule has 0 radical (unpaired) electrons. The molecule has 0 bridgehead atoms. The highest BCUT2D eigenvalue weighted by molar-refractivity contribution is 5.76. The number of aliphatic hydroxyl groups is 2. The number of ether oxygens (including phenoxy) is 1. The third kappa shape index (κ3) is 83.3. The topological polar surface area (TPSA) is 95.9 Å². The minimum Gasteiger partial charge on any atom is -0.466 e. The number of rotatable bonds is 87. The average Bonchev–Trinajstić information content (AvgIpc) is 1.77. The molecule has 0 aromatic rings. The zero-order chi connectivity index (χ0) is 70.5. The summed E-state index contributed by atoms with van der Waals surface area (Å²) in [5, 5.41) is 23.5. The van der Waals surface area contributed by atoms with Crippen LogP contribution in [0.3, 0.4) is 0 Å². The number of amides is 1. The lowest BCUT2D eigenvalue weighted by Crippen LogP contribution is -2.45. The number of nitrogens with one attached hydrogen (secondary N) is 1. The Morgan fingerprint density at radius 1 is 0.286 bits per heavy atom. The Hall–Kier alpha value is -1.66. The predicted octanol–water partition coefficient (Wildman–Crippen LogP) is 30.7. The van der Waals surface area contributed by atoms with Crippen molar-refractivity contribution < 1.29 is 24.5 Å². The number of hydrogen-bond donors (Lipinski definition) is 3. The molecule has 0 rings (SSSR count). The summed E-state index contributed by atoms with van der Waals surface area (Å²) >= 11 is 0. The Morgan fingerprint density at radius 3 is 0.796 bits per heavy atom. The lowest BCUT2D eigenvalue weighted by molar-refractivity contribution is -0.143. The molecule has 3 N–H and O–H groups in total. The van der Waals surface area contributed by atoms with Crippen molar-refractivity contribution >= 4 is 11.9 Å². The molecule has 0 aliphatic rings. The number of esters is 1. The first-order valence-corrected chi connectivity index (χ1v) is 45.6. The molecule has 2 atom stereocenters. The minimum absolute atomic E-state index is 0.0209. The lowest BCUT2D eigenvalue weighted by atomic mass is 10.0. The molecule has 6 nitrogen and oxygen atoms in total. The fourth-order valence-corrected chi connectivity index (χ4v) is 14.9. The molecule has 0 saturated carbocycles. The standard InChI is InChI=1S/C92H179NO5/c1-3-5-7-9-11-13-15-17-19-21-23-24-25-39-42-45-49-52-56-60-64-68-72-76-80-84-90(95)89(88-94)93-91(96)85-81-77-73-69-65-61-57-53-50-46-43-40-37-35-33-31-29-27-26-28-30-32-34-36-38-41-44-47-51-55-59-63-67-71-75-79-83-87-98-92(97)86-82-78-74-70-66-62-58-54-48-22-20-18-16-14-12-10-8-6-4-2/h12,14,18,20,89-90,94-95H,3-11,13,15-17,19,21-88H2,1-2H3,(H,93,96)/b14-12-,20-18-. The molecule has 2 unspecified atom stereocenters. The largest absolute Gasteiger partial charge is 0.466 e. The van der Waals surface area contributed by atoms with Gasteiger partial charge in [0.15, 0.2) is 0 Å². The second-order valence-corrected chi connectivity index (χ2v) is 31.6. The van der Waals surface area contributed by atoms with E-state index in [0.717, 1.165) is 44.9 Å². The molecule has 0 heterocycles. The molecule has 0 fully saturated rings. The van der Waals surface area contributed by atoms with Crippen LogP contribution in [-0.4, -0.2) is 47.4 Å². The predicted molar refractivity (Wildman–Crippen MR) is 435 cm³/mol. The lowest BCUT2D eigenvalue weighted by Gasteiger charge is -2.22. The number of unbranched alkanes of at least 4 members (excludes halogenated alkanes) is 72. The van der Waals surface area contributed by atoms with E-state index in [-0.39, 0.29) is 18.5 Å². The first kappa shape index (κ1) is 96.3. The van der Waals surface area contributed by atoms with E-state index in [0.29, 0.717) is 25.9 Å². The van der Waals surface area contributed by atoms with Crippen LogP contribution < -0.4 is 5.32 Å². The molecular formula is C92H179NO5. The van der Waals surface area contributed by atoms with Crippen molar-refractivity contribution in [1.29, 1.82) is 0 Å². The van der Waals surface area contributed by atoms with Crippen molar-refractivity contribution in [1.82, 2.24) is 5.32 Å². The molecule has 0 aliphatic carbocycles. The summed E-state index contributed by atoms with van der Waals surface area (Å²) in [5.41, 5.74) is 0. The third-order valence-electron chi connectivity index (χ3n) is 21.8. The fourth-order valence-electron chi connectivity index (χ4n) is 14.9. The SMILES string of the molecule is CCCCC/C=C\C/C=C\CCCCCCCCCCCC(=O)OCCCCCCCCCCCCCCCCCCCCCCCCCCCCCCCCCCCCCCCC(=O)NC(CO)C(O)CCCCCCCCCCCCCCCCCCCCCCCCCCC. The summed E-state index contributed by atoms with van der Waals surface area (Å²) in [6, 6.07) is -0.538. The van der Waals surface area contributed by atoms with Crippen molar-refractivity contribution in [3.63, 3.8) is 0 Å². The number of carbonyl (C=O) groups is 2. The number of allylic oxidation sites excluding steroid dienone is 4. The maximum atomic E-state index is 12.6. The van der Waals surface area contributed by atoms with Gasteiger partial charge in [-0.2, -0.15) is 0 Å². The molecular weight excluding hydrogens is 1200 g/mol. The van der Waals surface area contributed by atoms with Crippen molar-refractivity contribution in [2.75, 3.05) is 13.2 Å². The quantitative estimate of drug-likeness (QED) is 0.0320. The van der Waals surface area contributed by atoms with Gasteiger partial charge in [-0.25, -0.2) is 0 Å². The van der Waals surface area contributed by atoms with E-state index in [4.69, 9.17) is 4.74 Å². The number of carbonyl (C=O) groups excluding carboxylic acids is 2. The highest BCUT2D eigenvalue weighted by Crippen LogP contribution is 2.22. The Morgan fingerprint density at radius 2 is 0.510 bits per heavy atom. The Kier molecular flexibility index (Phi) is 86.3. The van der Waals surface area contributed by atoms with Crippen molar-refractivity contribution in [2.24, 2.45) is 0 Å². The van der Waals surface area contributed by atoms with Gasteiger partial charge in [-0.3, -0.25) is 9.59 Å². The summed E-state index contributed by atoms with van der Waals surface area (Å²) in [7, 11) is 0. The van der Waals surface area contributed by atoms with Crippen LogP contribution in [0.25, 0.3) is 0 Å². The van der Waals surface area contributed by atoms with Gasteiger partial charge in [0, 0.05) is 12.8 Å². The summed E-state index contributed by atoms with van der Waals surface area (Å²) in [6.07, 6.45) is 115. The Labute approximate surface area is 615 Å². The summed E-state index contributed by atoms with van der Waals surface area (Å²) in [5.74, 6) is -0.00145. The monoisotopic (exact) mass is 1380 g/mol. The molecule has 0 saturated heterocycles. The van der Waals surface area contributed by atoms with Gasteiger partial charge in [0.1, 0.15) is 0 Å². The molecule has 0 aromatic carbocycles. The van der Waals surface area contributed by atoms with Crippen LogP contribution in [0.4, 0.5) is 0 Å². The highest BCUT2D eigenvalue weighted by atomic mass is 16.5. The van der Waals surface area contributed by atoms with E-state index in [1.54, 1.807) is 0 Å². The molecule has 98 heavy (non-hydrogen) atoms. The van der Waals surface area contributed by atoms with Crippen LogP contribution in [0.1, 0.15) is 528 Å². The maximum absolute atomic E-state index is 12.6. The number of aliphatic hydroxyl groups excluding tert-OH is 2. The van der Waals surface area contributed by atoms with Crippen LogP contribution in [0, 0.1) is 0 Å². The van der Waals surface area contributed by atoms with Crippen molar-refractivity contribution in [3.05, 3.63) is 24.3 Å². The molecule has 0 aromatic heterocycles. The van der Waals surface area contributed by atoms with Crippen molar-refractivity contribution in [3.8, 4) is 0 Å². The summed E-state index contributed by atoms with van der Waals surface area (Å²) in [4.78, 5) is 24.7. The van der Waals surface area contributed by atoms with Gasteiger partial charge in [0.25, 0.3) is 0 Å². The normalized spacial score (nSPS) is 12.5. The fraction of sp³-hybridized carbons (Fsp3) is 0.935. The van der Waals surface area contributed by atoms with Gasteiger partial charge in [-0.1, -0.05) is 481 Å². The zero-order valence-electron chi connectivity index (χ0n) is 67.1. The van der Waals surface area contributed by atoms with Crippen LogP contribution in [0.15, 0.2) is 24.3 Å². The second-order valence-electron chi connectivity index (χ2n) is 31.6. The van der Waals surface area contributed by atoms with Gasteiger partial charge in [-0.15, -0.1) is 0 Å². The Bertz CT molecular complexity index is 1550. The van der Waals surface area contributed by atoms with Gasteiger partial charge in [0.2, 0.25) is 5.91 Å². The first-order chi connectivity index (χ1) is 48.5. The van der Waals surface area contributed by atoms with Gasteiger partial charge in [0.05, 0.1) is 25.4 Å². The number of hydrogen-bond acceptors (Lipinski definition) is 5. The van der Waals surface area contributed by atoms with E-state index < -0.39 is 12.1 Å². The van der Waals surface area contributed by atoms with E-state index in [9.17, 15) is 19.8 Å². The minimum atomic E-state index is -0.662. The molecule has 0 aliphatic heterocycles.